The Balaban J connectivity index is 3.77. The van der Waals surface area contributed by atoms with Crippen molar-refractivity contribution in [2.75, 3.05) is 26.8 Å². The monoisotopic (exact) mass is 260 g/mol. The molecule has 0 aliphatic rings. The molecular formula is C12H24N2O4. The normalized spacial score (nSPS) is 12.3. The van der Waals surface area contributed by atoms with Crippen LogP contribution in [-0.2, 0) is 9.53 Å². The van der Waals surface area contributed by atoms with Crippen LogP contribution in [0.2, 0.25) is 0 Å². The maximum absolute atomic E-state index is 11.7. The highest BCUT2D eigenvalue weighted by Gasteiger charge is 2.15. The molecule has 1 unspecified atom stereocenters. The van der Waals surface area contributed by atoms with E-state index in [2.05, 4.69) is 19.2 Å². The van der Waals surface area contributed by atoms with Gasteiger partial charge >= 0.3 is 12.0 Å². The number of carbonyl (C=O) groups excluding carboxylic acids is 1. The number of amides is 2. The van der Waals surface area contributed by atoms with Crippen molar-refractivity contribution in [1.29, 1.82) is 0 Å². The van der Waals surface area contributed by atoms with Crippen LogP contribution >= 0.6 is 0 Å². The molecule has 0 saturated carbocycles. The standard InChI is InChI=1S/C12H24N2O4/c1-9(2)7-10(3)14(4)12(17)13-5-6-18-8-11(15)16/h9-10H,5-8H2,1-4H3,(H,13,17)(H,15,16). The second kappa shape index (κ2) is 8.74. The fourth-order valence-corrected chi connectivity index (χ4v) is 1.55. The minimum absolute atomic E-state index is 0.165. The first-order valence-corrected chi connectivity index (χ1v) is 6.14. The summed E-state index contributed by atoms with van der Waals surface area (Å²) >= 11 is 0. The fraction of sp³-hybridized carbons (Fsp3) is 0.833. The van der Waals surface area contributed by atoms with Gasteiger partial charge in [-0.05, 0) is 19.3 Å². The maximum Gasteiger partial charge on any atom is 0.329 e. The number of urea groups is 1. The van der Waals surface area contributed by atoms with Gasteiger partial charge in [0.25, 0.3) is 0 Å². The van der Waals surface area contributed by atoms with Crippen molar-refractivity contribution >= 4 is 12.0 Å². The fourth-order valence-electron chi connectivity index (χ4n) is 1.55. The molecule has 0 radical (unpaired) electrons. The molecule has 0 heterocycles. The third-order valence-corrected chi connectivity index (χ3v) is 2.54. The largest absolute Gasteiger partial charge is 0.480 e. The van der Waals surface area contributed by atoms with Gasteiger partial charge in [-0.1, -0.05) is 13.8 Å². The van der Waals surface area contributed by atoms with E-state index in [1.54, 1.807) is 11.9 Å². The number of ether oxygens (including phenoxy) is 1. The van der Waals surface area contributed by atoms with Crippen LogP contribution < -0.4 is 5.32 Å². The highest BCUT2D eigenvalue weighted by Crippen LogP contribution is 2.09. The number of hydrogen-bond acceptors (Lipinski definition) is 3. The molecule has 0 aliphatic carbocycles. The first kappa shape index (κ1) is 16.7. The Hall–Kier alpha value is -1.30. The van der Waals surface area contributed by atoms with Crippen LogP contribution in [0.3, 0.4) is 0 Å². The zero-order valence-electron chi connectivity index (χ0n) is 11.6. The van der Waals surface area contributed by atoms with Crippen LogP contribution in [0.25, 0.3) is 0 Å². The molecule has 6 heteroatoms. The summed E-state index contributed by atoms with van der Waals surface area (Å²) in [6, 6.07) is 0.00649. The van der Waals surface area contributed by atoms with E-state index in [1.165, 1.54) is 0 Å². The zero-order chi connectivity index (χ0) is 14.1. The van der Waals surface area contributed by atoms with Crippen molar-refractivity contribution in [2.24, 2.45) is 5.92 Å². The Morgan fingerprint density at radius 2 is 1.94 bits per heavy atom. The molecule has 0 bridgehead atoms. The van der Waals surface area contributed by atoms with E-state index in [-0.39, 0.29) is 25.3 Å². The zero-order valence-corrected chi connectivity index (χ0v) is 11.6. The molecule has 0 aromatic carbocycles. The van der Waals surface area contributed by atoms with E-state index in [4.69, 9.17) is 9.84 Å². The predicted octanol–water partition coefficient (Wildman–Crippen LogP) is 1.16. The number of rotatable bonds is 8. The van der Waals surface area contributed by atoms with Crippen LogP contribution in [0, 0.1) is 5.92 Å². The molecule has 0 rings (SSSR count). The summed E-state index contributed by atoms with van der Waals surface area (Å²) in [4.78, 5) is 23.5. The SMILES string of the molecule is CC(C)CC(C)N(C)C(=O)NCCOCC(=O)O. The molecular weight excluding hydrogens is 236 g/mol. The Morgan fingerprint density at radius 3 is 2.44 bits per heavy atom. The number of hydrogen-bond donors (Lipinski definition) is 2. The van der Waals surface area contributed by atoms with E-state index in [0.29, 0.717) is 12.5 Å². The molecule has 2 N–H and O–H groups in total. The van der Waals surface area contributed by atoms with Crippen molar-refractivity contribution < 1.29 is 19.4 Å². The lowest BCUT2D eigenvalue weighted by Gasteiger charge is -2.26. The van der Waals surface area contributed by atoms with Gasteiger partial charge in [0.05, 0.1) is 6.61 Å². The Bertz CT molecular complexity index is 269. The minimum Gasteiger partial charge on any atom is -0.480 e. The third kappa shape index (κ3) is 7.89. The van der Waals surface area contributed by atoms with Crippen LogP contribution in [0.15, 0.2) is 0 Å². The van der Waals surface area contributed by atoms with E-state index < -0.39 is 5.97 Å². The van der Waals surface area contributed by atoms with E-state index in [1.807, 2.05) is 6.92 Å². The van der Waals surface area contributed by atoms with Gasteiger partial charge in [0, 0.05) is 19.6 Å². The van der Waals surface area contributed by atoms with Crippen molar-refractivity contribution in [2.45, 2.75) is 33.2 Å². The van der Waals surface area contributed by atoms with Gasteiger partial charge in [-0.15, -0.1) is 0 Å². The number of carboxylic acid groups (broad SMARTS) is 1. The summed E-state index contributed by atoms with van der Waals surface area (Å²) in [6.07, 6.45) is 0.944. The first-order chi connectivity index (χ1) is 8.34. The van der Waals surface area contributed by atoms with Crippen molar-refractivity contribution in [3.05, 3.63) is 0 Å². The Morgan fingerprint density at radius 1 is 1.33 bits per heavy atom. The van der Waals surface area contributed by atoms with Crippen molar-refractivity contribution in [1.82, 2.24) is 10.2 Å². The highest BCUT2D eigenvalue weighted by atomic mass is 16.5. The Labute approximate surface area is 108 Å². The lowest BCUT2D eigenvalue weighted by Crippen LogP contribution is -2.43. The van der Waals surface area contributed by atoms with Gasteiger partial charge in [0.15, 0.2) is 0 Å². The number of nitrogens with zero attached hydrogens (tertiary/aromatic N) is 1. The lowest BCUT2D eigenvalue weighted by atomic mass is 10.0. The van der Waals surface area contributed by atoms with E-state index in [9.17, 15) is 9.59 Å². The maximum atomic E-state index is 11.7. The predicted molar refractivity (Wildman–Crippen MR) is 68.5 cm³/mol. The lowest BCUT2D eigenvalue weighted by molar-refractivity contribution is -0.142. The molecule has 0 aromatic rings. The van der Waals surface area contributed by atoms with Gasteiger partial charge < -0.3 is 20.1 Å². The number of nitrogens with one attached hydrogen (secondary N) is 1. The smallest absolute Gasteiger partial charge is 0.329 e. The quantitative estimate of drug-likeness (QED) is 0.642. The second-order valence-corrected chi connectivity index (χ2v) is 4.77. The topological polar surface area (TPSA) is 78.9 Å². The van der Waals surface area contributed by atoms with Gasteiger partial charge in [0.2, 0.25) is 0 Å². The summed E-state index contributed by atoms with van der Waals surface area (Å²) in [5.74, 6) is -0.474. The first-order valence-electron chi connectivity index (χ1n) is 6.14. The van der Waals surface area contributed by atoms with Crippen LogP contribution in [0.4, 0.5) is 4.79 Å². The molecule has 0 spiro atoms. The summed E-state index contributed by atoms with van der Waals surface area (Å²) in [5, 5.41) is 11.0. The molecule has 18 heavy (non-hydrogen) atoms. The summed E-state index contributed by atoms with van der Waals surface area (Å²) in [7, 11) is 1.75. The number of carbonyl (C=O) groups is 2. The van der Waals surface area contributed by atoms with Gasteiger partial charge in [-0.25, -0.2) is 9.59 Å². The average molecular weight is 260 g/mol. The number of carboxylic acids is 1. The Kier molecular flexibility index (Phi) is 8.11. The van der Waals surface area contributed by atoms with E-state index >= 15 is 0 Å². The van der Waals surface area contributed by atoms with Gasteiger partial charge in [-0.2, -0.15) is 0 Å². The van der Waals surface area contributed by atoms with Crippen molar-refractivity contribution in [3.8, 4) is 0 Å². The second-order valence-electron chi connectivity index (χ2n) is 4.77. The molecule has 1 atom stereocenters. The summed E-state index contributed by atoms with van der Waals surface area (Å²) < 4.78 is 4.82. The molecule has 0 aliphatic heterocycles. The van der Waals surface area contributed by atoms with Gasteiger partial charge in [0.1, 0.15) is 6.61 Å². The highest BCUT2D eigenvalue weighted by molar-refractivity contribution is 5.74. The molecule has 0 aromatic heterocycles. The van der Waals surface area contributed by atoms with Crippen molar-refractivity contribution in [3.63, 3.8) is 0 Å². The summed E-state index contributed by atoms with van der Waals surface area (Å²) in [6.45, 7) is 6.40. The molecule has 6 nitrogen and oxygen atoms in total. The minimum atomic E-state index is -1.01. The average Bonchev–Trinajstić information content (AvgIpc) is 2.25. The molecule has 0 saturated heterocycles. The third-order valence-electron chi connectivity index (χ3n) is 2.54. The molecule has 2 amide bonds. The number of aliphatic carboxylic acids is 1. The van der Waals surface area contributed by atoms with E-state index in [0.717, 1.165) is 6.42 Å². The van der Waals surface area contributed by atoms with Crippen LogP contribution in [-0.4, -0.2) is 54.9 Å². The molecule has 0 fully saturated rings. The van der Waals surface area contributed by atoms with Crippen LogP contribution in [0.5, 0.6) is 0 Å². The molecule has 106 valence electrons. The summed E-state index contributed by atoms with van der Waals surface area (Å²) in [5.41, 5.74) is 0. The van der Waals surface area contributed by atoms with Crippen LogP contribution in [0.1, 0.15) is 27.2 Å². The van der Waals surface area contributed by atoms with Gasteiger partial charge in [-0.3, -0.25) is 0 Å².